The number of esters is 1. The lowest BCUT2D eigenvalue weighted by molar-refractivity contribution is 0.0594. The van der Waals surface area contributed by atoms with Crippen molar-refractivity contribution in [3.63, 3.8) is 0 Å². The zero-order valence-electron chi connectivity index (χ0n) is 10.7. The van der Waals surface area contributed by atoms with Gasteiger partial charge in [0.2, 0.25) is 0 Å². The molecule has 0 aliphatic heterocycles. The lowest BCUT2D eigenvalue weighted by atomic mass is 10.2. The molecule has 2 aromatic heterocycles. The quantitative estimate of drug-likeness (QED) is 0.609. The first kappa shape index (κ1) is 13.1. The molecule has 2 rings (SSSR count). The molecule has 0 saturated heterocycles. The fourth-order valence-corrected chi connectivity index (χ4v) is 1.68. The molecule has 0 aromatic carbocycles. The number of aromatic nitrogens is 3. The van der Waals surface area contributed by atoms with Gasteiger partial charge in [0.05, 0.1) is 7.11 Å². The van der Waals surface area contributed by atoms with Crippen LogP contribution in [0.1, 0.15) is 22.7 Å². The van der Waals surface area contributed by atoms with Crippen LogP contribution in [0.15, 0.2) is 30.7 Å². The van der Waals surface area contributed by atoms with Gasteiger partial charge in [0.15, 0.2) is 0 Å². The van der Waals surface area contributed by atoms with Gasteiger partial charge in [-0.2, -0.15) is 0 Å². The Morgan fingerprint density at radius 2 is 2.32 bits per heavy atom. The number of carbonyl (C=O) groups is 1. The van der Waals surface area contributed by atoms with E-state index in [1.54, 1.807) is 18.5 Å². The largest absolute Gasteiger partial charge is 0.464 e. The SMILES string of the molecule is COC(=O)c1cc(NCCCc2ncc[nH]2)ccn1. The summed E-state index contributed by atoms with van der Waals surface area (Å²) in [5.41, 5.74) is 1.16. The number of nitrogens with one attached hydrogen (secondary N) is 2. The summed E-state index contributed by atoms with van der Waals surface area (Å²) in [5.74, 6) is 0.547. The number of pyridine rings is 1. The molecule has 0 aliphatic carbocycles. The van der Waals surface area contributed by atoms with Crippen LogP contribution in [0.3, 0.4) is 0 Å². The van der Waals surface area contributed by atoms with E-state index in [-0.39, 0.29) is 0 Å². The number of methoxy groups -OCH3 is 1. The number of hydrogen-bond donors (Lipinski definition) is 2. The number of imidazole rings is 1. The third kappa shape index (κ3) is 3.80. The molecule has 0 saturated carbocycles. The van der Waals surface area contributed by atoms with Crippen molar-refractivity contribution in [2.45, 2.75) is 12.8 Å². The Hall–Kier alpha value is -2.37. The smallest absolute Gasteiger partial charge is 0.356 e. The fraction of sp³-hybridized carbons (Fsp3) is 0.308. The van der Waals surface area contributed by atoms with Crippen LogP contribution in [0.5, 0.6) is 0 Å². The van der Waals surface area contributed by atoms with Gasteiger partial charge in [-0.1, -0.05) is 0 Å². The Morgan fingerprint density at radius 1 is 1.42 bits per heavy atom. The van der Waals surface area contributed by atoms with Gasteiger partial charge in [0, 0.05) is 37.2 Å². The monoisotopic (exact) mass is 260 g/mol. The van der Waals surface area contributed by atoms with Crippen molar-refractivity contribution in [3.05, 3.63) is 42.2 Å². The highest BCUT2D eigenvalue weighted by molar-refractivity contribution is 5.88. The summed E-state index contributed by atoms with van der Waals surface area (Å²) in [4.78, 5) is 22.5. The Balaban J connectivity index is 1.81. The lowest BCUT2D eigenvalue weighted by Gasteiger charge is -2.06. The topological polar surface area (TPSA) is 79.9 Å². The van der Waals surface area contributed by atoms with Crippen molar-refractivity contribution in [2.75, 3.05) is 19.0 Å². The van der Waals surface area contributed by atoms with Crippen LogP contribution in [0.25, 0.3) is 0 Å². The molecule has 2 heterocycles. The second-order valence-electron chi connectivity index (χ2n) is 3.99. The number of ether oxygens (including phenoxy) is 1. The molecule has 0 unspecified atom stereocenters. The molecule has 19 heavy (non-hydrogen) atoms. The lowest BCUT2D eigenvalue weighted by Crippen LogP contribution is -2.07. The van der Waals surface area contributed by atoms with Gasteiger partial charge in [0.25, 0.3) is 0 Å². The molecule has 100 valence electrons. The van der Waals surface area contributed by atoms with E-state index in [0.717, 1.165) is 30.9 Å². The summed E-state index contributed by atoms with van der Waals surface area (Å²) >= 11 is 0. The average molecular weight is 260 g/mol. The van der Waals surface area contributed by atoms with E-state index in [1.165, 1.54) is 7.11 Å². The molecular formula is C13H16N4O2. The number of H-pyrrole nitrogens is 1. The molecule has 6 heteroatoms. The number of aryl methyl sites for hydroxylation is 1. The van der Waals surface area contributed by atoms with Gasteiger partial charge in [-0.05, 0) is 18.6 Å². The zero-order valence-corrected chi connectivity index (χ0v) is 10.7. The summed E-state index contributed by atoms with van der Waals surface area (Å²) < 4.78 is 4.62. The van der Waals surface area contributed by atoms with Crippen LogP contribution < -0.4 is 5.32 Å². The minimum atomic E-state index is -0.431. The molecule has 0 bridgehead atoms. The van der Waals surface area contributed by atoms with E-state index in [1.807, 2.05) is 12.3 Å². The summed E-state index contributed by atoms with van der Waals surface area (Å²) in [5, 5.41) is 3.24. The van der Waals surface area contributed by atoms with Gasteiger partial charge in [-0.3, -0.25) is 0 Å². The van der Waals surface area contributed by atoms with E-state index in [0.29, 0.717) is 5.69 Å². The molecule has 2 aromatic rings. The predicted octanol–water partition coefficient (Wildman–Crippen LogP) is 1.64. The summed E-state index contributed by atoms with van der Waals surface area (Å²) in [7, 11) is 1.34. The maximum atomic E-state index is 11.3. The zero-order chi connectivity index (χ0) is 13.5. The number of rotatable bonds is 6. The first-order valence-electron chi connectivity index (χ1n) is 6.06. The Bertz CT molecular complexity index is 525. The highest BCUT2D eigenvalue weighted by Crippen LogP contribution is 2.09. The summed E-state index contributed by atoms with van der Waals surface area (Å²) in [6.07, 6.45) is 6.97. The van der Waals surface area contributed by atoms with Crippen molar-refractivity contribution in [1.29, 1.82) is 0 Å². The summed E-state index contributed by atoms with van der Waals surface area (Å²) in [6.45, 7) is 0.797. The highest BCUT2D eigenvalue weighted by atomic mass is 16.5. The minimum Gasteiger partial charge on any atom is -0.464 e. The number of aromatic amines is 1. The van der Waals surface area contributed by atoms with Crippen LogP contribution in [0, 0.1) is 0 Å². The van der Waals surface area contributed by atoms with Crippen molar-refractivity contribution in [2.24, 2.45) is 0 Å². The van der Waals surface area contributed by atoms with Crippen LogP contribution in [0.2, 0.25) is 0 Å². The van der Waals surface area contributed by atoms with E-state index < -0.39 is 5.97 Å². The van der Waals surface area contributed by atoms with Crippen LogP contribution in [0.4, 0.5) is 5.69 Å². The molecule has 0 radical (unpaired) electrons. The van der Waals surface area contributed by atoms with Gasteiger partial charge < -0.3 is 15.0 Å². The van der Waals surface area contributed by atoms with Crippen molar-refractivity contribution in [3.8, 4) is 0 Å². The van der Waals surface area contributed by atoms with E-state index in [9.17, 15) is 4.79 Å². The minimum absolute atomic E-state index is 0.304. The van der Waals surface area contributed by atoms with E-state index in [2.05, 4.69) is 25.0 Å². The molecule has 0 amide bonds. The Labute approximate surface area is 111 Å². The number of nitrogens with zero attached hydrogens (tertiary/aromatic N) is 2. The number of anilines is 1. The van der Waals surface area contributed by atoms with Crippen LogP contribution >= 0.6 is 0 Å². The average Bonchev–Trinajstić information content (AvgIpc) is 2.96. The maximum Gasteiger partial charge on any atom is 0.356 e. The Kier molecular flexibility index (Phi) is 4.49. The van der Waals surface area contributed by atoms with Gasteiger partial charge in [-0.25, -0.2) is 14.8 Å². The Morgan fingerprint density at radius 3 is 3.05 bits per heavy atom. The number of hydrogen-bond acceptors (Lipinski definition) is 5. The first-order valence-corrected chi connectivity index (χ1v) is 6.06. The highest BCUT2D eigenvalue weighted by Gasteiger charge is 2.06. The number of carbonyl (C=O) groups excluding carboxylic acids is 1. The second-order valence-corrected chi connectivity index (χ2v) is 3.99. The molecule has 0 atom stereocenters. The second kappa shape index (κ2) is 6.53. The standard InChI is InChI=1S/C13H16N4O2/c1-19-13(18)11-9-10(4-6-15-11)14-5-2-3-12-16-7-8-17-12/h4,6-9H,2-3,5H2,1H3,(H,14,15)(H,16,17). The maximum absolute atomic E-state index is 11.3. The van der Waals surface area contributed by atoms with Gasteiger partial charge >= 0.3 is 5.97 Å². The van der Waals surface area contributed by atoms with Crippen LogP contribution in [-0.2, 0) is 11.2 Å². The molecule has 0 aliphatic rings. The van der Waals surface area contributed by atoms with Gasteiger partial charge in [-0.15, -0.1) is 0 Å². The molecule has 0 spiro atoms. The third-order valence-corrected chi connectivity index (χ3v) is 2.63. The van der Waals surface area contributed by atoms with Crippen LogP contribution in [-0.4, -0.2) is 34.6 Å². The van der Waals surface area contributed by atoms with E-state index in [4.69, 9.17) is 0 Å². The normalized spacial score (nSPS) is 10.2. The molecule has 0 fully saturated rings. The molecular weight excluding hydrogens is 244 g/mol. The molecule has 6 nitrogen and oxygen atoms in total. The van der Waals surface area contributed by atoms with Crippen molar-refractivity contribution >= 4 is 11.7 Å². The first-order chi connectivity index (χ1) is 9.29. The third-order valence-electron chi connectivity index (χ3n) is 2.63. The van der Waals surface area contributed by atoms with E-state index >= 15 is 0 Å². The van der Waals surface area contributed by atoms with Crippen molar-refractivity contribution in [1.82, 2.24) is 15.0 Å². The molecule has 2 N–H and O–H groups in total. The fourth-order valence-electron chi connectivity index (χ4n) is 1.68. The predicted molar refractivity (Wildman–Crippen MR) is 71.0 cm³/mol. The van der Waals surface area contributed by atoms with Crippen molar-refractivity contribution < 1.29 is 9.53 Å². The van der Waals surface area contributed by atoms with Gasteiger partial charge in [0.1, 0.15) is 11.5 Å². The summed E-state index contributed by atoms with van der Waals surface area (Å²) in [6, 6.07) is 3.50.